The number of aliphatic hydroxyl groups excluding tert-OH is 1. The van der Waals surface area contributed by atoms with E-state index in [0.29, 0.717) is 6.42 Å². The third-order valence-corrected chi connectivity index (χ3v) is 2.93. The van der Waals surface area contributed by atoms with E-state index >= 15 is 0 Å². The maximum Gasteiger partial charge on any atom is 0.0647 e. The van der Waals surface area contributed by atoms with Crippen LogP contribution in [-0.4, -0.2) is 11.7 Å². The second kappa shape index (κ2) is 5.56. The van der Waals surface area contributed by atoms with Crippen LogP contribution >= 0.6 is 0 Å². The third-order valence-electron chi connectivity index (χ3n) is 2.93. The molecule has 94 valence electrons. The number of hydrogen-bond donors (Lipinski definition) is 3. The summed E-state index contributed by atoms with van der Waals surface area (Å²) < 4.78 is 0. The molecule has 2 rings (SSSR count). The van der Waals surface area contributed by atoms with Crippen LogP contribution < -0.4 is 11.1 Å². The van der Waals surface area contributed by atoms with Crippen LogP contribution in [0.15, 0.2) is 42.5 Å². The molecule has 18 heavy (non-hydrogen) atoms. The van der Waals surface area contributed by atoms with Gasteiger partial charge in [-0.25, -0.2) is 0 Å². The summed E-state index contributed by atoms with van der Waals surface area (Å²) >= 11 is 0. The zero-order chi connectivity index (χ0) is 13.0. The van der Waals surface area contributed by atoms with Crippen molar-refractivity contribution in [3.63, 3.8) is 0 Å². The van der Waals surface area contributed by atoms with Crippen molar-refractivity contribution in [3.8, 4) is 0 Å². The second-order valence-corrected chi connectivity index (χ2v) is 4.33. The maximum absolute atomic E-state index is 8.86. The lowest BCUT2D eigenvalue weighted by Gasteiger charge is -2.12. The summed E-state index contributed by atoms with van der Waals surface area (Å²) in [5.41, 5.74) is 10.9. The average molecular weight is 242 g/mol. The number of nitrogen functional groups attached to an aromatic ring is 1. The van der Waals surface area contributed by atoms with Gasteiger partial charge in [0.2, 0.25) is 0 Å². The Bertz CT molecular complexity index is 500. The fourth-order valence-electron chi connectivity index (χ4n) is 1.89. The van der Waals surface area contributed by atoms with E-state index in [1.165, 1.54) is 0 Å². The van der Waals surface area contributed by atoms with Gasteiger partial charge in [-0.1, -0.05) is 24.3 Å². The van der Waals surface area contributed by atoms with E-state index < -0.39 is 0 Å². The van der Waals surface area contributed by atoms with Crippen molar-refractivity contribution in [2.45, 2.75) is 13.3 Å². The Morgan fingerprint density at radius 3 is 2.44 bits per heavy atom. The van der Waals surface area contributed by atoms with Crippen LogP contribution in [0.1, 0.15) is 11.1 Å². The molecule has 0 bridgehead atoms. The van der Waals surface area contributed by atoms with Crippen LogP contribution in [0.25, 0.3) is 0 Å². The molecule has 0 aromatic heterocycles. The minimum atomic E-state index is 0.178. The van der Waals surface area contributed by atoms with Crippen molar-refractivity contribution in [2.75, 3.05) is 17.7 Å². The monoisotopic (exact) mass is 242 g/mol. The Balaban J connectivity index is 2.18. The lowest BCUT2D eigenvalue weighted by atomic mass is 10.1. The Hall–Kier alpha value is -2.00. The fraction of sp³-hybridized carbons (Fsp3) is 0.200. The normalized spacial score (nSPS) is 10.3. The van der Waals surface area contributed by atoms with Crippen molar-refractivity contribution >= 4 is 17.1 Å². The molecule has 4 N–H and O–H groups in total. The highest BCUT2D eigenvalue weighted by molar-refractivity contribution is 5.75. The average Bonchev–Trinajstić information content (AvgIpc) is 2.36. The van der Waals surface area contributed by atoms with E-state index in [1.807, 2.05) is 49.4 Å². The summed E-state index contributed by atoms with van der Waals surface area (Å²) in [6, 6.07) is 13.9. The molecule has 3 heteroatoms. The smallest absolute Gasteiger partial charge is 0.0647 e. The molecule has 0 fully saturated rings. The van der Waals surface area contributed by atoms with Gasteiger partial charge in [-0.15, -0.1) is 0 Å². The molecule has 2 aromatic carbocycles. The summed E-state index contributed by atoms with van der Waals surface area (Å²) in [5.74, 6) is 0. The molecule has 0 aliphatic carbocycles. The standard InChI is InChI=1S/C15H18N2O/c1-11-3-2-4-14(16)15(11)17-13-7-5-12(6-8-13)9-10-18/h2-8,17-18H,9-10,16H2,1H3. The highest BCUT2D eigenvalue weighted by atomic mass is 16.2. The zero-order valence-electron chi connectivity index (χ0n) is 10.5. The molecule has 2 aromatic rings. The van der Waals surface area contributed by atoms with Crippen molar-refractivity contribution in [1.82, 2.24) is 0 Å². The quantitative estimate of drug-likeness (QED) is 0.722. The van der Waals surface area contributed by atoms with Crippen molar-refractivity contribution in [1.29, 1.82) is 0 Å². The highest BCUT2D eigenvalue weighted by Crippen LogP contribution is 2.26. The Morgan fingerprint density at radius 1 is 1.11 bits per heavy atom. The van der Waals surface area contributed by atoms with Gasteiger partial charge in [0.25, 0.3) is 0 Å². The zero-order valence-corrected chi connectivity index (χ0v) is 10.5. The number of hydrogen-bond acceptors (Lipinski definition) is 3. The Kier molecular flexibility index (Phi) is 3.85. The molecule has 0 amide bonds. The van der Waals surface area contributed by atoms with Gasteiger partial charge >= 0.3 is 0 Å². The summed E-state index contributed by atoms with van der Waals surface area (Å²) in [4.78, 5) is 0. The van der Waals surface area contributed by atoms with Gasteiger partial charge in [0.1, 0.15) is 0 Å². The number of aryl methyl sites for hydroxylation is 1. The first kappa shape index (κ1) is 12.5. The number of rotatable bonds is 4. The van der Waals surface area contributed by atoms with Crippen LogP contribution in [0.5, 0.6) is 0 Å². The van der Waals surface area contributed by atoms with Crippen molar-refractivity contribution in [3.05, 3.63) is 53.6 Å². The number of nitrogens with one attached hydrogen (secondary N) is 1. The molecule has 0 radical (unpaired) electrons. The Labute approximate surface area is 107 Å². The summed E-state index contributed by atoms with van der Waals surface area (Å²) in [6.07, 6.45) is 0.687. The number of aliphatic hydroxyl groups is 1. The molecule has 0 saturated carbocycles. The molecule has 3 nitrogen and oxygen atoms in total. The van der Waals surface area contributed by atoms with E-state index in [0.717, 1.165) is 28.2 Å². The van der Waals surface area contributed by atoms with Crippen LogP contribution in [0.2, 0.25) is 0 Å². The van der Waals surface area contributed by atoms with Crippen molar-refractivity contribution < 1.29 is 5.11 Å². The minimum absolute atomic E-state index is 0.178. The summed E-state index contributed by atoms with van der Waals surface area (Å²) in [6.45, 7) is 2.20. The molecule has 0 heterocycles. The number of benzene rings is 2. The predicted octanol–water partition coefficient (Wildman–Crippen LogP) is 2.86. The largest absolute Gasteiger partial charge is 0.397 e. The first-order chi connectivity index (χ1) is 8.70. The fourth-order valence-corrected chi connectivity index (χ4v) is 1.89. The second-order valence-electron chi connectivity index (χ2n) is 4.33. The lowest BCUT2D eigenvalue weighted by molar-refractivity contribution is 0.299. The molecule has 0 spiro atoms. The van der Waals surface area contributed by atoms with E-state index in [2.05, 4.69) is 5.32 Å². The van der Waals surface area contributed by atoms with Gasteiger partial charge in [-0.2, -0.15) is 0 Å². The van der Waals surface area contributed by atoms with Gasteiger partial charge in [-0.3, -0.25) is 0 Å². The Morgan fingerprint density at radius 2 is 1.83 bits per heavy atom. The third kappa shape index (κ3) is 2.81. The predicted molar refractivity (Wildman–Crippen MR) is 76.1 cm³/mol. The number of para-hydroxylation sites is 1. The van der Waals surface area contributed by atoms with Crippen LogP contribution in [0, 0.1) is 6.92 Å². The van der Waals surface area contributed by atoms with Gasteiger partial charge < -0.3 is 16.2 Å². The van der Waals surface area contributed by atoms with Gasteiger partial charge in [0.15, 0.2) is 0 Å². The van der Waals surface area contributed by atoms with E-state index in [-0.39, 0.29) is 6.61 Å². The van der Waals surface area contributed by atoms with Crippen LogP contribution in [0.3, 0.4) is 0 Å². The van der Waals surface area contributed by atoms with E-state index in [1.54, 1.807) is 0 Å². The van der Waals surface area contributed by atoms with E-state index in [4.69, 9.17) is 10.8 Å². The van der Waals surface area contributed by atoms with Gasteiger partial charge in [0.05, 0.1) is 11.4 Å². The lowest BCUT2D eigenvalue weighted by Crippen LogP contribution is -1.99. The number of nitrogens with two attached hydrogens (primary N) is 1. The number of anilines is 3. The molecule has 0 unspecified atom stereocenters. The minimum Gasteiger partial charge on any atom is -0.397 e. The summed E-state index contributed by atoms with van der Waals surface area (Å²) in [7, 11) is 0. The molecule has 0 aliphatic heterocycles. The van der Waals surface area contributed by atoms with E-state index in [9.17, 15) is 0 Å². The first-order valence-electron chi connectivity index (χ1n) is 6.02. The maximum atomic E-state index is 8.86. The molecular formula is C15H18N2O. The van der Waals surface area contributed by atoms with Gasteiger partial charge in [-0.05, 0) is 42.7 Å². The van der Waals surface area contributed by atoms with Gasteiger partial charge in [0, 0.05) is 12.3 Å². The van der Waals surface area contributed by atoms with Crippen LogP contribution in [0.4, 0.5) is 17.1 Å². The SMILES string of the molecule is Cc1cccc(N)c1Nc1ccc(CCO)cc1. The molecule has 0 saturated heterocycles. The topological polar surface area (TPSA) is 58.3 Å². The summed E-state index contributed by atoms with van der Waals surface area (Å²) in [5, 5.41) is 12.2. The highest BCUT2D eigenvalue weighted by Gasteiger charge is 2.02. The molecule has 0 atom stereocenters. The molecule has 0 aliphatic rings. The molecular weight excluding hydrogens is 224 g/mol. The first-order valence-corrected chi connectivity index (χ1v) is 6.02. The van der Waals surface area contributed by atoms with Crippen LogP contribution in [-0.2, 0) is 6.42 Å². The van der Waals surface area contributed by atoms with Crippen molar-refractivity contribution in [2.24, 2.45) is 0 Å².